The smallest absolute Gasteiger partial charge is 0.0170 e. The molecule has 2 saturated carbocycles. The molecule has 0 aromatic carbocycles. The van der Waals surface area contributed by atoms with Crippen LogP contribution in [0.15, 0.2) is 10.9 Å². The Kier molecular flexibility index (Phi) is 7.79. The van der Waals surface area contributed by atoms with Gasteiger partial charge in [-0.05, 0) is 61.6 Å². The van der Waals surface area contributed by atoms with E-state index in [1.807, 2.05) is 10.9 Å². The second kappa shape index (κ2) is 9.34. The van der Waals surface area contributed by atoms with Crippen LogP contribution in [0.3, 0.4) is 0 Å². The molecule has 0 amide bonds. The van der Waals surface area contributed by atoms with Crippen LogP contribution in [-0.4, -0.2) is 11.3 Å². The van der Waals surface area contributed by atoms with Crippen molar-refractivity contribution in [3.63, 3.8) is 0 Å². The molecule has 0 heterocycles. The summed E-state index contributed by atoms with van der Waals surface area (Å²) in [6, 6.07) is 0. The van der Waals surface area contributed by atoms with Gasteiger partial charge in [0.2, 0.25) is 0 Å². The van der Waals surface area contributed by atoms with Crippen LogP contribution in [0.5, 0.6) is 0 Å². The van der Waals surface area contributed by atoms with E-state index in [0.717, 1.165) is 11.3 Å². The van der Waals surface area contributed by atoms with Crippen LogP contribution in [0.25, 0.3) is 0 Å². The van der Waals surface area contributed by atoms with Gasteiger partial charge in [0.15, 0.2) is 0 Å². The number of hydrogen-bond acceptors (Lipinski definition) is 0. The molecule has 2 aliphatic rings. The van der Waals surface area contributed by atoms with Crippen LogP contribution in [-0.2, 0) is 0 Å². The van der Waals surface area contributed by atoms with Crippen molar-refractivity contribution >= 4 is 7.92 Å². The van der Waals surface area contributed by atoms with Gasteiger partial charge in [-0.15, -0.1) is 0 Å². The molecule has 0 aromatic rings. The van der Waals surface area contributed by atoms with Gasteiger partial charge in [-0.1, -0.05) is 72.8 Å². The van der Waals surface area contributed by atoms with Gasteiger partial charge in [0, 0.05) is 0 Å². The molecule has 0 atom stereocenters. The van der Waals surface area contributed by atoms with Crippen LogP contribution in [0.2, 0.25) is 0 Å². The average Bonchev–Trinajstić information content (AvgIpc) is 2.56. The maximum atomic E-state index is 2.45. The highest BCUT2D eigenvalue weighted by Gasteiger charge is 2.33. The summed E-state index contributed by atoms with van der Waals surface area (Å²) in [6.07, 6.45) is 19.2. The highest BCUT2D eigenvalue weighted by atomic mass is 31.1. The van der Waals surface area contributed by atoms with Crippen molar-refractivity contribution in [3.8, 4) is 0 Å². The normalized spacial score (nSPS) is 21.7. The standard InChI is InChI=1S/C20H37P/c1-4-17(5-2)20(6-3)21(18-13-9-7-10-14-18)19-15-11-8-12-16-19/h18-19H,4-16H2,1-3H3. The van der Waals surface area contributed by atoms with Gasteiger partial charge < -0.3 is 0 Å². The monoisotopic (exact) mass is 308 g/mol. The SMILES string of the molecule is CCC(CC)=C(CC)P(C1CCCCC1)C1CCCCC1. The van der Waals surface area contributed by atoms with Crippen LogP contribution < -0.4 is 0 Å². The lowest BCUT2D eigenvalue weighted by molar-refractivity contribution is 0.485. The van der Waals surface area contributed by atoms with E-state index in [9.17, 15) is 0 Å². The second-order valence-electron chi connectivity index (χ2n) is 7.10. The van der Waals surface area contributed by atoms with Gasteiger partial charge in [-0.25, -0.2) is 0 Å². The third-order valence-electron chi connectivity index (χ3n) is 5.84. The molecule has 2 rings (SSSR count). The van der Waals surface area contributed by atoms with Crippen LogP contribution in [0, 0.1) is 0 Å². The first-order valence-corrected chi connectivity index (χ1v) is 11.3. The Bertz CT molecular complexity index is 295. The summed E-state index contributed by atoms with van der Waals surface area (Å²) in [4.78, 5) is 0. The van der Waals surface area contributed by atoms with Crippen molar-refractivity contribution < 1.29 is 0 Å². The molecule has 0 spiro atoms. The van der Waals surface area contributed by atoms with Crippen molar-refractivity contribution in [2.45, 2.75) is 116 Å². The van der Waals surface area contributed by atoms with Gasteiger partial charge in [0.1, 0.15) is 0 Å². The molecule has 21 heavy (non-hydrogen) atoms. The predicted octanol–water partition coefficient (Wildman–Crippen LogP) is 7.62. The fraction of sp³-hybridized carbons (Fsp3) is 0.900. The first kappa shape index (κ1) is 17.5. The van der Waals surface area contributed by atoms with E-state index in [1.54, 1.807) is 25.7 Å². The van der Waals surface area contributed by atoms with Crippen molar-refractivity contribution in [1.82, 2.24) is 0 Å². The molecule has 0 bridgehead atoms. The third kappa shape index (κ3) is 4.57. The van der Waals surface area contributed by atoms with Crippen molar-refractivity contribution in [3.05, 3.63) is 10.9 Å². The average molecular weight is 308 g/mol. The van der Waals surface area contributed by atoms with Gasteiger partial charge in [0.05, 0.1) is 0 Å². The summed E-state index contributed by atoms with van der Waals surface area (Å²) >= 11 is 0. The quantitative estimate of drug-likeness (QED) is 0.443. The molecule has 0 aliphatic heterocycles. The van der Waals surface area contributed by atoms with E-state index in [2.05, 4.69) is 20.8 Å². The summed E-state index contributed by atoms with van der Waals surface area (Å²) in [5.41, 5.74) is 4.00. The Morgan fingerprint density at radius 2 is 1.10 bits per heavy atom. The molecule has 2 fully saturated rings. The van der Waals surface area contributed by atoms with Gasteiger partial charge in [-0.2, -0.15) is 0 Å². The van der Waals surface area contributed by atoms with Crippen molar-refractivity contribution in [1.29, 1.82) is 0 Å². The van der Waals surface area contributed by atoms with Crippen LogP contribution in [0.1, 0.15) is 104 Å². The van der Waals surface area contributed by atoms with Crippen LogP contribution >= 0.6 is 7.92 Å². The summed E-state index contributed by atoms with van der Waals surface area (Å²) in [7, 11) is 0.168. The number of allylic oxidation sites excluding steroid dienone is 2. The van der Waals surface area contributed by atoms with E-state index in [-0.39, 0.29) is 7.92 Å². The first-order chi connectivity index (χ1) is 10.3. The molecule has 0 nitrogen and oxygen atoms in total. The minimum absolute atomic E-state index is 0.168. The molecule has 2 aliphatic carbocycles. The summed E-state index contributed by atoms with van der Waals surface area (Å²) in [5.74, 6) is 0. The zero-order chi connectivity index (χ0) is 15.1. The first-order valence-electron chi connectivity index (χ1n) is 9.80. The third-order valence-corrected chi connectivity index (χ3v) is 9.71. The molecule has 0 aromatic heterocycles. The van der Waals surface area contributed by atoms with Gasteiger partial charge in [-0.3, -0.25) is 0 Å². The molecule has 0 saturated heterocycles. The van der Waals surface area contributed by atoms with Crippen molar-refractivity contribution in [2.75, 3.05) is 0 Å². The van der Waals surface area contributed by atoms with E-state index in [0.29, 0.717) is 0 Å². The van der Waals surface area contributed by atoms with Gasteiger partial charge in [0.25, 0.3) is 0 Å². The minimum Gasteiger partial charge on any atom is -0.0735 e. The zero-order valence-electron chi connectivity index (χ0n) is 14.8. The van der Waals surface area contributed by atoms with Gasteiger partial charge >= 0.3 is 0 Å². The summed E-state index contributed by atoms with van der Waals surface area (Å²) in [5, 5.41) is 1.97. The molecule has 1 heteroatoms. The summed E-state index contributed by atoms with van der Waals surface area (Å²) < 4.78 is 0. The number of rotatable bonds is 6. The summed E-state index contributed by atoms with van der Waals surface area (Å²) in [6.45, 7) is 7.23. The van der Waals surface area contributed by atoms with E-state index in [4.69, 9.17) is 0 Å². The molecule has 122 valence electrons. The van der Waals surface area contributed by atoms with Crippen LogP contribution in [0.4, 0.5) is 0 Å². The van der Waals surface area contributed by atoms with E-state index < -0.39 is 0 Å². The highest BCUT2D eigenvalue weighted by Crippen LogP contribution is 2.62. The Balaban J connectivity index is 2.25. The fourth-order valence-corrected chi connectivity index (χ4v) is 9.10. The second-order valence-corrected chi connectivity index (χ2v) is 9.92. The van der Waals surface area contributed by atoms with E-state index in [1.165, 1.54) is 57.8 Å². The maximum Gasteiger partial charge on any atom is -0.0170 e. The molecule has 0 unspecified atom stereocenters. The number of hydrogen-bond donors (Lipinski definition) is 0. The lowest BCUT2D eigenvalue weighted by atomic mass is 9.99. The molecule has 0 radical (unpaired) electrons. The van der Waals surface area contributed by atoms with E-state index >= 15 is 0 Å². The Morgan fingerprint density at radius 3 is 1.43 bits per heavy atom. The minimum atomic E-state index is 0.168. The Labute approximate surface area is 134 Å². The molecule has 0 N–H and O–H groups in total. The van der Waals surface area contributed by atoms with Crippen molar-refractivity contribution in [2.24, 2.45) is 0 Å². The molecular formula is C20H37P. The Morgan fingerprint density at radius 1 is 0.667 bits per heavy atom. The Hall–Kier alpha value is 0.170. The lowest BCUT2D eigenvalue weighted by Crippen LogP contribution is -2.21. The lowest BCUT2D eigenvalue weighted by Gasteiger charge is -2.41. The fourth-order valence-electron chi connectivity index (χ4n) is 4.73. The zero-order valence-corrected chi connectivity index (χ0v) is 15.7. The highest BCUT2D eigenvalue weighted by molar-refractivity contribution is 7.63. The largest absolute Gasteiger partial charge is 0.0735 e. The maximum absolute atomic E-state index is 2.45. The predicted molar refractivity (Wildman–Crippen MR) is 98.6 cm³/mol. The molecular weight excluding hydrogens is 271 g/mol. The topological polar surface area (TPSA) is 0 Å².